The van der Waals surface area contributed by atoms with Crippen molar-refractivity contribution in [2.75, 3.05) is 12.3 Å². The first-order chi connectivity index (χ1) is 9.00. The Balaban J connectivity index is 2.12. The van der Waals surface area contributed by atoms with Crippen LogP contribution in [0.25, 0.3) is 0 Å². The van der Waals surface area contributed by atoms with Crippen LogP contribution in [0.5, 0.6) is 0 Å². The van der Waals surface area contributed by atoms with E-state index in [4.69, 9.17) is 10.8 Å². The van der Waals surface area contributed by atoms with E-state index in [1.807, 2.05) is 0 Å². The second kappa shape index (κ2) is 5.41. The highest BCUT2D eigenvalue weighted by atomic mass is 32.2. The number of nitrogens with zero attached hydrogens (tertiary/aromatic N) is 2. The molecule has 1 unspecified atom stereocenters. The summed E-state index contributed by atoms with van der Waals surface area (Å²) in [4.78, 5) is 38.4. The van der Waals surface area contributed by atoms with Crippen LogP contribution >= 0.6 is 11.8 Å². The molecule has 0 radical (unpaired) electrons. The third kappa shape index (κ3) is 2.76. The number of carbonyl (C=O) groups excluding carboxylic acids is 2. The first kappa shape index (κ1) is 13.6. The summed E-state index contributed by atoms with van der Waals surface area (Å²) in [6.07, 6.45) is -0.289. The molecular weight excluding hydrogens is 272 g/mol. The van der Waals surface area contributed by atoms with Gasteiger partial charge in [0.1, 0.15) is 11.7 Å². The Labute approximate surface area is 112 Å². The van der Waals surface area contributed by atoms with Gasteiger partial charge in [-0.3, -0.25) is 19.0 Å². The molecule has 19 heavy (non-hydrogen) atoms. The molecule has 0 aliphatic carbocycles. The summed E-state index contributed by atoms with van der Waals surface area (Å²) in [5.74, 6) is -0.890. The maximum absolute atomic E-state index is 12.0. The molecule has 2 rings (SSSR count). The van der Waals surface area contributed by atoms with Gasteiger partial charge in [0.2, 0.25) is 5.91 Å². The predicted molar refractivity (Wildman–Crippen MR) is 66.8 cm³/mol. The molecule has 0 fully saturated rings. The summed E-state index contributed by atoms with van der Waals surface area (Å²) in [5, 5.41) is 12.0. The molecule has 2 heterocycles. The third-order valence-electron chi connectivity index (χ3n) is 2.59. The minimum atomic E-state index is -1.48. The molecule has 2 amide bonds. The minimum absolute atomic E-state index is 0.122. The van der Waals surface area contributed by atoms with Crippen LogP contribution in [0.2, 0.25) is 0 Å². The Bertz CT molecular complexity index is 585. The second-order valence-electron chi connectivity index (χ2n) is 3.89. The molecule has 4 N–H and O–H groups in total. The standard InChI is InChI=1S/C10H12N4O4S/c11-7(16)6(15)4-12-8(17)5-3-13-10-14(9(5)18)1-2-19-10/h3,6,15H,1-2,4H2,(H2,11,16)(H,12,17). The number of thioether (sulfide) groups is 1. The number of hydrogen-bond acceptors (Lipinski definition) is 6. The largest absolute Gasteiger partial charge is 0.381 e. The number of aliphatic hydroxyl groups excluding tert-OH is 1. The molecule has 0 bridgehead atoms. The van der Waals surface area contributed by atoms with Crippen LogP contribution in [-0.2, 0) is 11.3 Å². The number of nitrogens with two attached hydrogens (primary N) is 1. The highest BCUT2D eigenvalue weighted by Crippen LogP contribution is 2.20. The number of amides is 2. The lowest BCUT2D eigenvalue weighted by molar-refractivity contribution is -0.125. The zero-order chi connectivity index (χ0) is 14.0. The average molecular weight is 284 g/mol. The summed E-state index contributed by atoms with van der Waals surface area (Å²) < 4.78 is 1.42. The van der Waals surface area contributed by atoms with Gasteiger partial charge in [-0.15, -0.1) is 0 Å². The summed E-state index contributed by atoms with van der Waals surface area (Å²) in [7, 11) is 0. The fraction of sp³-hybridized carbons (Fsp3) is 0.400. The molecule has 0 aromatic carbocycles. The van der Waals surface area contributed by atoms with Gasteiger partial charge >= 0.3 is 0 Å². The molecule has 1 aliphatic heterocycles. The van der Waals surface area contributed by atoms with E-state index in [0.717, 1.165) is 5.75 Å². The van der Waals surface area contributed by atoms with Gasteiger partial charge in [-0.05, 0) is 0 Å². The zero-order valence-electron chi connectivity index (χ0n) is 9.83. The molecular formula is C10H12N4O4S. The first-order valence-electron chi connectivity index (χ1n) is 5.49. The zero-order valence-corrected chi connectivity index (χ0v) is 10.6. The summed E-state index contributed by atoms with van der Waals surface area (Å²) >= 11 is 1.44. The Morgan fingerprint density at radius 1 is 1.63 bits per heavy atom. The van der Waals surface area contributed by atoms with Crippen molar-refractivity contribution in [1.29, 1.82) is 0 Å². The second-order valence-corrected chi connectivity index (χ2v) is 4.95. The van der Waals surface area contributed by atoms with E-state index < -0.39 is 23.5 Å². The van der Waals surface area contributed by atoms with E-state index in [1.54, 1.807) is 0 Å². The average Bonchev–Trinajstić information content (AvgIpc) is 2.85. The maximum atomic E-state index is 12.0. The molecule has 0 spiro atoms. The van der Waals surface area contributed by atoms with E-state index >= 15 is 0 Å². The van der Waals surface area contributed by atoms with E-state index in [0.29, 0.717) is 11.7 Å². The van der Waals surface area contributed by atoms with Crippen molar-refractivity contribution in [1.82, 2.24) is 14.9 Å². The molecule has 8 nitrogen and oxygen atoms in total. The van der Waals surface area contributed by atoms with Crippen LogP contribution in [0.4, 0.5) is 0 Å². The van der Waals surface area contributed by atoms with Crippen molar-refractivity contribution in [3.05, 3.63) is 22.1 Å². The topological polar surface area (TPSA) is 127 Å². The van der Waals surface area contributed by atoms with Crippen LogP contribution in [0.3, 0.4) is 0 Å². The monoisotopic (exact) mass is 284 g/mol. The molecule has 1 atom stereocenters. The van der Waals surface area contributed by atoms with Crippen molar-refractivity contribution in [2.24, 2.45) is 5.73 Å². The minimum Gasteiger partial charge on any atom is -0.381 e. The van der Waals surface area contributed by atoms with Crippen LogP contribution in [-0.4, -0.2) is 44.9 Å². The highest BCUT2D eigenvalue weighted by molar-refractivity contribution is 7.99. The number of carbonyl (C=O) groups is 2. The quantitative estimate of drug-likeness (QED) is 0.545. The Morgan fingerprint density at radius 3 is 3.05 bits per heavy atom. The van der Waals surface area contributed by atoms with E-state index in [-0.39, 0.29) is 12.1 Å². The fourth-order valence-electron chi connectivity index (χ4n) is 1.56. The van der Waals surface area contributed by atoms with Gasteiger partial charge in [0.25, 0.3) is 11.5 Å². The Kier molecular flexibility index (Phi) is 3.86. The van der Waals surface area contributed by atoms with Crippen molar-refractivity contribution in [3.63, 3.8) is 0 Å². The van der Waals surface area contributed by atoms with Crippen molar-refractivity contribution >= 4 is 23.6 Å². The lowest BCUT2D eigenvalue weighted by Crippen LogP contribution is -2.41. The molecule has 0 saturated heterocycles. The normalized spacial score (nSPS) is 14.8. The number of primary amides is 1. The van der Waals surface area contributed by atoms with Crippen LogP contribution in [0, 0.1) is 0 Å². The molecule has 1 aromatic heterocycles. The molecule has 0 saturated carbocycles. The van der Waals surface area contributed by atoms with E-state index in [1.165, 1.54) is 22.5 Å². The van der Waals surface area contributed by atoms with Crippen molar-refractivity contribution < 1.29 is 14.7 Å². The number of rotatable bonds is 4. The van der Waals surface area contributed by atoms with Gasteiger partial charge in [-0.1, -0.05) is 11.8 Å². The van der Waals surface area contributed by atoms with Gasteiger partial charge < -0.3 is 16.2 Å². The van der Waals surface area contributed by atoms with Crippen molar-refractivity contribution in [3.8, 4) is 0 Å². The van der Waals surface area contributed by atoms with E-state index in [2.05, 4.69) is 10.3 Å². The number of hydrogen-bond donors (Lipinski definition) is 3. The number of nitrogens with one attached hydrogen (secondary N) is 1. The first-order valence-corrected chi connectivity index (χ1v) is 6.47. The number of aromatic nitrogens is 2. The van der Waals surface area contributed by atoms with Gasteiger partial charge in [-0.2, -0.15) is 0 Å². The summed E-state index contributed by atoms with van der Waals surface area (Å²) in [6, 6.07) is 0. The highest BCUT2D eigenvalue weighted by Gasteiger charge is 2.20. The summed E-state index contributed by atoms with van der Waals surface area (Å²) in [6.45, 7) is 0.168. The van der Waals surface area contributed by atoms with E-state index in [9.17, 15) is 14.4 Å². The smallest absolute Gasteiger partial charge is 0.267 e. The van der Waals surface area contributed by atoms with Gasteiger partial charge in [0.05, 0.1) is 6.54 Å². The lowest BCUT2D eigenvalue weighted by Gasteiger charge is -2.09. The van der Waals surface area contributed by atoms with Crippen LogP contribution < -0.4 is 16.6 Å². The van der Waals surface area contributed by atoms with Gasteiger partial charge in [0.15, 0.2) is 5.16 Å². The SMILES string of the molecule is NC(=O)C(O)CNC(=O)c1cnc2n(c1=O)CCS2. The fourth-order valence-corrected chi connectivity index (χ4v) is 2.47. The Hall–Kier alpha value is -1.87. The van der Waals surface area contributed by atoms with Crippen LogP contribution in [0.1, 0.15) is 10.4 Å². The van der Waals surface area contributed by atoms with Gasteiger partial charge in [0, 0.05) is 18.5 Å². The third-order valence-corrected chi connectivity index (χ3v) is 3.56. The number of fused-ring (bicyclic) bond motifs is 1. The van der Waals surface area contributed by atoms with Crippen LogP contribution in [0.15, 0.2) is 16.1 Å². The van der Waals surface area contributed by atoms with Gasteiger partial charge in [-0.25, -0.2) is 4.98 Å². The lowest BCUT2D eigenvalue weighted by atomic mass is 10.3. The molecule has 9 heteroatoms. The molecule has 1 aromatic rings. The maximum Gasteiger partial charge on any atom is 0.267 e. The number of aliphatic hydroxyl groups is 1. The summed E-state index contributed by atoms with van der Waals surface area (Å²) in [5.41, 5.74) is 4.29. The predicted octanol–water partition coefficient (Wildman–Crippen LogP) is -2.07. The molecule has 1 aliphatic rings. The molecule has 102 valence electrons. The Morgan fingerprint density at radius 2 is 2.37 bits per heavy atom. The van der Waals surface area contributed by atoms with Crippen molar-refractivity contribution in [2.45, 2.75) is 17.8 Å².